The van der Waals surface area contributed by atoms with Gasteiger partial charge in [0.2, 0.25) is 0 Å². The minimum atomic E-state index is 0. The van der Waals surface area contributed by atoms with Crippen molar-refractivity contribution in [2.75, 3.05) is 26.7 Å². The van der Waals surface area contributed by atoms with Crippen LogP contribution in [0.15, 0.2) is 40.9 Å². The molecule has 0 amide bonds. The van der Waals surface area contributed by atoms with Crippen molar-refractivity contribution in [3.63, 3.8) is 0 Å². The van der Waals surface area contributed by atoms with Crippen molar-refractivity contribution in [3.05, 3.63) is 42.2 Å². The van der Waals surface area contributed by atoms with E-state index in [0.717, 1.165) is 49.1 Å². The smallest absolute Gasteiger partial charge is 0.151 e. The highest BCUT2D eigenvalue weighted by Crippen LogP contribution is 2.22. The summed E-state index contributed by atoms with van der Waals surface area (Å²) in [6.07, 6.45) is 2.59. The fraction of sp³-hybridized carbons (Fsp3) is 0.471. The van der Waals surface area contributed by atoms with Crippen LogP contribution < -0.4 is 5.32 Å². The third-order valence-electron chi connectivity index (χ3n) is 4.10. The zero-order chi connectivity index (χ0) is 14.5. The topological polar surface area (TPSA) is 41.3 Å². The Balaban J connectivity index is 0.00000176. The Morgan fingerprint density at radius 3 is 2.91 bits per heavy atom. The second-order valence-corrected chi connectivity index (χ2v) is 5.85. The highest BCUT2D eigenvalue weighted by molar-refractivity contribution is 5.85. The summed E-state index contributed by atoms with van der Waals surface area (Å²) in [5.41, 5.74) is 2.04. The highest BCUT2D eigenvalue weighted by atomic mass is 35.5. The van der Waals surface area contributed by atoms with Gasteiger partial charge in [0.1, 0.15) is 5.69 Å². The van der Waals surface area contributed by atoms with Gasteiger partial charge >= 0.3 is 0 Å². The first-order valence-electron chi connectivity index (χ1n) is 7.73. The molecule has 1 aromatic carbocycles. The van der Waals surface area contributed by atoms with E-state index in [1.54, 1.807) is 0 Å². The molecule has 0 saturated carbocycles. The number of nitrogens with zero attached hydrogens (tertiary/aromatic N) is 2. The molecule has 1 saturated heterocycles. The van der Waals surface area contributed by atoms with Crippen LogP contribution in [0.3, 0.4) is 0 Å². The van der Waals surface area contributed by atoms with Gasteiger partial charge in [-0.1, -0.05) is 35.5 Å². The van der Waals surface area contributed by atoms with Crippen LogP contribution in [0.25, 0.3) is 11.3 Å². The van der Waals surface area contributed by atoms with Crippen molar-refractivity contribution in [2.24, 2.45) is 5.92 Å². The van der Waals surface area contributed by atoms with E-state index in [0.29, 0.717) is 0 Å². The summed E-state index contributed by atoms with van der Waals surface area (Å²) >= 11 is 0. The Bertz CT molecular complexity index is 556. The third kappa shape index (κ3) is 4.32. The number of benzene rings is 1. The maximum Gasteiger partial charge on any atom is 0.151 e. The fourth-order valence-corrected chi connectivity index (χ4v) is 3.10. The quantitative estimate of drug-likeness (QED) is 0.918. The van der Waals surface area contributed by atoms with Gasteiger partial charge in [-0.25, -0.2) is 0 Å². The highest BCUT2D eigenvalue weighted by Gasteiger charge is 2.20. The molecule has 4 nitrogen and oxygen atoms in total. The maximum atomic E-state index is 5.51. The lowest BCUT2D eigenvalue weighted by molar-refractivity contribution is 0.152. The average molecular weight is 322 g/mol. The van der Waals surface area contributed by atoms with Crippen LogP contribution in [0.4, 0.5) is 0 Å². The zero-order valence-electron chi connectivity index (χ0n) is 13.0. The van der Waals surface area contributed by atoms with Crippen molar-refractivity contribution in [3.8, 4) is 11.3 Å². The lowest BCUT2D eigenvalue weighted by Gasteiger charge is -2.31. The summed E-state index contributed by atoms with van der Waals surface area (Å²) in [5.74, 6) is 1.71. The first kappa shape index (κ1) is 17.0. The predicted octanol–water partition coefficient (Wildman–Crippen LogP) is 3.19. The van der Waals surface area contributed by atoms with Gasteiger partial charge in [0.05, 0.1) is 6.54 Å². The predicted molar refractivity (Wildman–Crippen MR) is 91.1 cm³/mol. The number of aromatic nitrogens is 1. The SMILES string of the molecule is CNCC1CCCN(Cc2cc(-c3ccccc3)no2)C1.Cl. The van der Waals surface area contributed by atoms with Crippen LogP contribution in [0, 0.1) is 5.92 Å². The molecular weight excluding hydrogens is 298 g/mol. The number of hydrogen-bond donors (Lipinski definition) is 1. The van der Waals surface area contributed by atoms with Crippen LogP contribution >= 0.6 is 12.4 Å². The number of rotatable bonds is 5. The van der Waals surface area contributed by atoms with E-state index >= 15 is 0 Å². The van der Waals surface area contributed by atoms with Gasteiger partial charge < -0.3 is 9.84 Å². The number of hydrogen-bond acceptors (Lipinski definition) is 4. The second-order valence-electron chi connectivity index (χ2n) is 5.85. The molecule has 120 valence electrons. The Labute approximate surface area is 138 Å². The van der Waals surface area contributed by atoms with Gasteiger partial charge in [-0.3, -0.25) is 4.90 Å². The molecule has 0 aliphatic carbocycles. The molecule has 2 heterocycles. The normalized spacial score (nSPS) is 18.9. The Morgan fingerprint density at radius 1 is 1.32 bits per heavy atom. The largest absolute Gasteiger partial charge is 0.359 e. The van der Waals surface area contributed by atoms with Gasteiger partial charge in [-0.05, 0) is 38.9 Å². The molecule has 5 heteroatoms. The van der Waals surface area contributed by atoms with Crippen LogP contribution in [0.5, 0.6) is 0 Å². The molecule has 1 aromatic heterocycles. The van der Waals surface area contributed by atoms with Crippen molar-refractivity contribution < 1.29 is 4.52 Å². The van der Waals surface area contributed by atoms with E-state index in [4.69, 9.17) is 4.52 Å². The molecule has 1 unspecified atom stereocenters. The van der Waals surface area contributed by atoms with Crippen LogP contribution in [0.2, 0.25) is 0 Å². The molecule has 1 N–H and O–H groups in total. The lowest BCUT2D eigenvalue weighted by Crippen LogP contribution is -2.38. The van der Waals surface area contributed by atoms with E-state index in [-0.39, 0.29) is 12.4 Å². The summed E-state index contributed by atoms with van der Waals surface area (Å²) < 4.78 is 5.51. The van der Waals surface area contributed by atoms with E-state index in [1.165, 1.54) is 12.8 Å². The van der Waals surface area contributed by atoms with Gasteiger partial charge in [0.15, 0.2) is 5.76 Å². The number of piperidine rings is 1. The molecule has 1 aliphatic rings. The first-order valence-corrected chi connectivity index (χ1v) is 7.73. The van der Waals surface area contributed by atoms with Crippen LogP contribution in [-0.4, -0.2) is 36.7 Å². The molecule has 1 atom stereocenters. The lowest BCUT2D eigenvalue weighted by atomic mass is 9.98. The molecule has 1 aliphatic heterocycles. The maximum absolute atomic E-state index is 5.51. The second kappa shape index (κ2) is 8.32. The van der Waals surface area contributed by atoms with Crippen LogP contribution in [-0.2, 0) is 6.54 Å². The van der Waals surface area contributed by atoms with Gasteiger partial charge in [-0.2, -0.15) is 0 Å². The van der Waals surface area contributed by atoms with Crippen molar-refractivity contribution in [1.82, 2.24) is 15.4 Å². The van der Waals surface area contributed by atoms with Crippen molar-refractivity contribution in [1.29, 1.82) is 0 Å². The van der Waals surface area contributed by atoms with Crippen molar-refractivity contribution in [2.45, 2.75) is 19.4 Å². The van der Waals surface area contributed by atoms with Crippen molar-refractivity contribution >= 4 is 12.4 Å². The summed E-state index contributed by atoms with van der Waals surface area (Å²) in [4.78, 5) is 2.47. The van der Waals surface area contributed by atoms with E-state index in [9.17, 15) is 0 Å². The van der Waals surface area contributed by atoms with E-state index < -0.39 is 0 Å². The summed E-state index contributed by atoms with van der Waals surface area (Å²) in [6, 6.07) is 12.3. The molecule has 0 bridgehead atoms. The Kier molecular flexibility index (Phi) is 6.43. The molecular formula is C17H24ClN3O. The van der Waals surface area contributed by atoms with Crippen LogP contribution in [0.1, 0.15) is 18.6 Å². The van der Waals surface area contributed by atoms with E-state index in [2.05, 4.69) is 33.6 Å². The molecule has 2 aromatic rings. The zero-order valence-corrected chi connectivity index (χ0v) is 13.8. The molecule has 3 rings (SSSR count). The minimum Gasteiger partial charge on any atom is -0.359 e. The van der Waals surface area contributed by atoms with Gasteiger partial charge in [-0.15, -0.1) is 12.4 Å². The number of halogens is 1. The fourth-order valence-electron chi connectivity index (χ4n) is 3.10. The molecule has 1 fully saturated rings. The molecule has 22 heavy (non-hydrogen) atoms. The monoisotopic (exact) mass is 321 g/mol. The van der Waals surface area contributed by atoms with Gasteiger partial charge in [0, 0.05) is 18.2 Å². The standard InChI is InChI=1S/C17H23N3O.ClH/c1-18-11-14-6-5-9-20(12-14)13-16-10-17(19-21-16)15-7-3-2-4-8-15;/h2-4,7-8,10,14,18H,5-6,9,11-13H2,1H3;1H. The molecule has 0 spiro atoms. The van der Waals surface area contributed by atoms with E-state index in [1.807, 2.05) is 25.2 Å². The Hall–Kier alpha value is -1.36. The number of nitrogens with one attached hydrogen (secondary N) is 1. The number of likely N-dealkylation sites (tertiary alicyclic amines) is 1. The third-order valence-corrected chi connectivity index (χ3v) is 4.10. The molecule has 0 radical (unpaired) electrons. The first-order chi connectivity index (χ1) is 10.3. The van der Waals surface area contributed by atoms with Gasteiger partial charge in [0.25, 0.3) is 0 Å². The minimum absolute atomic E-state index is 0. The average Bonchev–Trinajstić information content (AvgIpc) is 2.97. The summed E-state index contributed by atoms with van der Waals surface area (Å²) in [6.45, 7) is 4.26. The summed E-state index contributed by atoms with van der Waals surface area (Å²) in [5, 5.41) is 7.48. The Morgan fingerprint density at radius 2 is 2.14 bits per heavy atom. The summed E-state index contributed by atoms with van der Waals surface area (Å²) in [7, 11) is 2.03.